The van der Waals surface area contributed by atoms with Crippen LogP contribution in [0.15, 0.2) is 82.7 Å². The van der Waals surface area contributed by atoms with Crippen molar-refractivity contribution in [3.8, 4) is 28.5 Å². The van der Waals surface area contributed by atoms with Crippen molar-refractivity contribution in [3.63, 3.8) is 0 Å². The molecule has 7 nitrogen and oxygen atoms in total. The van der Waals surface area contributed by atoms with Gasteiger partial charge in [0.05, 0.1) is 5.75 Å². The van der Waals surface area contributed by atoms with Crippen molar-refractivity contribution in [2.45, 2.75) is 31.2 Å². The molecule has 0 N–H and O–H groups in total. The molecule has 0 saturated carbocycles. The van der Waals surface area contributed by atoms with E-state index in [1.54, 1.807) is 12.4 Å². The van der Waals surface area contributed by atoms with Gasteiger partial charge in [0.2, 0.25) is 11.7 Å². The van der Waals surface area contributed by atoms with Gasteiger partial charge in [-0.15, -0.1) is 10.2 Å². The van der Waals surface area contributed by atoms with E-state index in [1.165, 1.54) is 22.9 Å². The number of aryl methyl sites for hydroxylation is 2. The second-order valence-corrected chi connectivity index (χ2v) is 8.51. The second-order valence-electron chi connectivity index (χ2n) is 7.56. The topological polar surface area (TPSA) is 82.5 Å². The van der Waals surface area contributed by atoms with E-state index in [0.29, 0.717) is 17.5 Å². The number of thioether (sulfide) groups is 1. The molecule has 8 heteroatoms. The maximum atomic E-state index is 5.50. The summed E-state index contributed by atoms with van der Waals surface area (Å²) >= 11 is 1.51. The van der Waals surface area contributed by atoms with Gasteiger partial charge in [0.1, 0.15) is 0 Å². The molecule has 0 fully saturated rings. The van der Waals surface area contributed by atoms with Gasteiger partial charge in [0.25, 0.3) is 0 Å². The maximum absolute atomic E-state index is 5.50. The quantitative estimate of drug-likeness (QED) is 0.299. The SMILES string of the molecule is CCc1ccc(-c2noc(CSc3nnc(-c4ccncc4)n3-c3ccc(C)cc3)n2)cc1. The van der Waals surface area contributed by atoms with Crippen LogP contribution in [0.4, 0.5) is 0 Å². The highest BCUT2D eigenvalue weighted by Gasteiger charge is 2.18. The molecule has 5 rings (SSSR count). The molecule has 164 valence electrons. The molecular weight excluding hydrogens is 432 g/mol. The van der Waals surface area contributed by atoms with Crippen LogP contribution in [-0.4, -0.2) is 29.9 Å². The molecule has 33 heavy (non-hydrogen) atoms. The predicted molar refractivity (Wildman–Crippen MR) is 128 cm³/mol. The molecule has 0 bridgehead atoms. The number of nitrogens with zero attached hydrogens (tertiary/aromatic N) is 6. The first-order chi connectivity index (χ1) is 16.2. The van der Waals surface area contributed by atoms with Crippen molar-refractivity contribution in [2.75, 3.05) is 0 Å². The summed E-state index contributed by atoms with van der Waals surface area (Å²) in [5, 5.41) is 13.8. The lowest BCUT2D eigenvalue weighted by Gasteiger charge is -2.10. The first-order valence-electron chi connectivity index (χ1n) is 10.7. The summed E-state index contributed by atoms with van der Waals surface area (Å²) in [6.45, 7) is 4.20. The van der Waals surface area contributed by atoms with Gasteiger partial charge in [0.15, 0.2) is 11.0 Å². The van der Waals surface area contributed by atoms with Gasteiger partial charge in [-0.05, 0) is 43.2 Å². The average Bonchev–Trinajstić information content (AvgIpc) is 3.51. The Labute approximate surface area is 195 Å². The lowest BCUT2D eigenvalue weighted by atomic mass is 10.1. The van der Waals surface area contributed by atoms with Crippen molar-refractivity contribution in [3.05, 3.63) is 90.1 Å². The average molecular weight is 455 g/mol. The molecule has 0 aliphatic carbocycles. The van der Waals surface area contributed by atoms with E-state index in [1.807, 2.05) is 28.8 Å². The van der Waals surface area contributed by atoms with Gasteiger partial charge < -0.3 is 4.52 Å². The van der Waals surface area contributed by atoms with E-state index in [0.717, 1.165) is 34.2 Å². The molecule has 0 atom stereocenters. The Balaban J connectivity index is 1.41. The van der Waals surface area contributed by atoms with Crippen LogP contribution < -0.4 is 0 Å². The van der Waals surface area contributed by atoms with Crippen LogP contribution in [0.25, 0.3) is 28.5 Å². The largest absolute Gasteiger partial charge is 0.338 e. The number of benzene rings is 2. The Hall–Kier alpha value is -3.78. The smallest absolute Gasteiger partial charge is 0.237 e. The van der Waals surface area contributed by atoms with E-state index >= 15 is 0 Å². The summed E-state index contributed by atoms with van der Waals surface area (Å²) in [5.74, 6) is 2.37. The zero-order valence-electron chi connectivity index (χ0n) is 18.3. The van der Waals surface area contributed by atoms with Crippen LogP contribution in [0.3, 0.4) is 0 Å². The number of hydrogen-bond acceptors (Lipinski definition) is 7. The van der Waals surface area contributed by atoms with Crippen molar-refractivity contribution in [1.82, 2.24) is 29.9 Å². The van der Waals surface area contributed by atoms with Crippen LogP contribution in [0.1, 0.15) is 23.9 Å². The molecule has 2 aromatic carbocycles. The summed E-state index contributed by atoms with van der Waals surface area (Å²) in [6.07, 6.45) is 4.50. The monoisotopic (exact) mass is 454 g/mol. The van der Waals surface area contributed by atoms with Crippen molar-refractivity contribution in [2.24, 2.45) is 0 Å². The van der Waals surface area contributed by atoms with E-state index in [4.69, 9.17) is 4.52 Å². The summed E-state index contributed by atoms with van der Waals surface area (Å²) < 4.78 is 7.54. The molecule has 0 saturated heterocycles. The summed E-state index contributed by atoms with van der Waals surface area (Å²) in [4.78, 5) is 8.68. The van der Waals surface area contributed by atoms with Crippen LogP contribution >= 0.6 is 11.8 Å². The third-order valence-electron chi connectivity index (χ3n) is 5.28. The maximum Gasteiger partial charge on any atom is 0.237 e. The Morgan fingerprint density at radius 1 is 0.879 bits per heavy atom. The highest BCUT2D eigenvalue weighted by Crippen LogP contribution is 2.30. The first-order valence-corrected chi connectivity index (χ1v) is 11.7. The van der Waals surface area contributed by atoms with Crippen LogP contribution in [-0.2, 0) is 12.2 Å². The third-order valence-corrected chi connectivity index (χ3v) is 6.19. The summed E-state index contributed by atoms with van der Waals surface area (Å²) in [7, 11) is 0. The standard InChI is InChI=1S/C25H22N6OS/c1-3-18-6-8-19(9-7-18)23-27-22(32-30-23)16-33-25-29-28-24(20-12-14-26-15-13-20)31(25)21-10-4-17(2)5-11-21/h4-15H,3,16H2,1-2H3. The Morgan fingerprint density at radius 2 is 1.64 bits per heavy atom. The minimum Gasteiger partial charge on any atom is -0.338 e. The van der Waals surface area contributed by atoms with Crippen molar-refractivity contribution >= 4 is 11.8 Å². The van der Waals surface area contributed by atoms with Gasteiger partial charge in [-0.1, -0.05) is 65.8 Å². The molecule has 3 heterocycles. The fourth-order valence-electron chi connectivity index (χ4n) is 3.42. The third kappa shape index (κ3) is 4.56. The first kappa shape index (κ1) is 21.1. The molecule has 5 aromatic rings. The molecule has 3 aromatic heterocycles. The number of hydrogen-bond donors (Lipinski definition) is 0. The molecule has 0 unspecified atom stereocenters. The van der Waals surface area contributed by atoms with Crippen LogP contribution in [0, 0.1) is 6.92 Å². The zero-order chi connectivity index (χ0) is 22.6. The minimum absolute atomic E-state index is 0.486. The van der Waals surface area contributed by atoms with Crippen LogP contribution in [0.2, 0.25) is 0 Å². The molecule has 0 radical (unpaired) electrons. The fourth-order valence-corrected chi connectivity index (χ4v) is 4.21. The summed E-state index contributed by atoms with van der Waals surface area (Å²) in [6, 6.07) is 20.4. The highest BCUT2D eigenvalue weighted by molar-refractivity contribution is 7.98. The molecule has 0 spiro atoms. The Kier molecular flexibility index (Phi) is 5.99. The normalized spacial score (nSPS) is 11.1. The highest BCUT2D eigenvalue weighted by atomic mass is 32.2. The number of aromatic nitrogens is 6. The second kappa shape index (κ2) is 9.38. The minimum atomic E-state index is 0.486. The zero-order valence-corrected chi connectivity index (χ0v) is 19.2. The molecule has 0 amide bonds. The van der Waals surface area contributed by atoms with Gasteiger partial charge in [-0.25, -0.2) is 0 Å². The van der Waals surface area contributed by atoms with Gasteiger partial charge in [-0.3, -0.25) is 9.55 Å². The molecular formula is C25H22N6OS. The lowest BCUT2D eigenvalue weighted by molar-refractivity contribution is 0.391. The van der Waals surface area contributed by atoms with Crippen molar-refractivity contribution in [1.29, 1.82) is 0 Å². The van der Waals surface area contributed by atoms with Crippen molar-refractivity contribution < 1.29 is 4.52 Å². The van der Waals surface area contributed by atoms with Crippen LogP contribution in [0.5, 0.6) is 0 Å². The molecule has 0 aliphatic heterocycles. The molecule has 0 aliphatic rings. The summed E-state index contributed by atoms with van der Waals surface area (Å²) in [5.41, 5.74) is 5.34. The Morgan fingerprint density at radius 3 is 2.36 bits per heavy atom. The van der Waals surface area contributed by atoms with Gasteiger partial charge in [0, 0.05) is 29.2 Å². The van der Waals surface area contributed by atoms with Gasteiger partial charge >= 0.3 is 0 Å². The van der Waals surface area contributed by atoms with E-state index in [9.17, 15) is 0 Å². The van der Waals surface area contributed by atoms with E-state index in [-0.39, 0.29) is 0 Å². The lowest BCUT2D eigenvalue weighted by Crippen LogP contribution is -2.00. The fraction of sp³-hybridized carbons (Fsp3) is 0.160. The van der Waals surface area contributed by atoms with E-state index in [2.05, 4.69) is 75.6 Å². The number of rotatable bonds is 7. The number of pyridine rings is 1. The van der Waals surface area contributed by atoms with E-state index < -0.39 is 0 Å². The predicted octanol–water partition coefficient (Wildman–Crippen LogP) is 5.54. The Bertz CT molecular complexity index is 1340. The van der Waals surface area contributed by atoms with Gasteiger partial charge in [-0.2, -0.15) is 4.98 Å².